The normalized spacial score (nSPS) is 22.6. The molecule has 1 aliphatic carbocycles. The third kappa shape index (κ3) is 2.22. The highest BCUT2D eigenvalue weighted by atomic mass is 35.5. The number of rotatable bonds is 4. The second-order valence-electron chi connectivity index (χ2n) is 5.61. The highest BCUT2D eigenvalue weighted by Gasteiger charge is 2.50. The number of benzene rings is 1. The van der Waals surface area contributed by atoms with E-state index in [0.717, 1.165) is 41.9 Å². The molecule has 0 amide bonds. The summed E-state index contributed by atoms with van der Waals surface area (Å²) >= 11 is 6.04. The van der Waals surface area contributed by atoms with Crippen molar-refractivity contribution < 1.29 is 4.74 Å². The Bertz CT molecular complexity index is 453. The summed E-state index contributed by atoms with van der Waals surface area (Å²) < 4.78 is 5.37. The summed E-state index contributed by atoms with van der Waals surface area (Å²) in [5.41, 5.74) is 7.57. The van der Waals surface area contributed by atoms with Crippen LogP contribution in [0.1, 0.15) is 18.4 Å². The van der Waals surface area contributed by atoms with E-state index in [-0.39, 0.29) is 5.54 Å². The van der Waals surface area contributed by atoms with E-state index >= 15 is 0 Å². The van der Waals surface area contributed by atoms with Crippen molar-refractivity contribution in [3.8, 4) is 5.75 Å². The molecular formula is C14H19ClN2O. The van der Waals surface area contributed by atoms with Crippen molar-refractivity contribution >= 4 is 11.6 Å². The minimum atomic E-state index is 0.0752. The Kier molecular flexibility index (Phi) is 3.00. The van der Waals surface area contributed by atoms with Gasteiger partial charge in [-0.2, -0.15) is 0 Å². The van der Waals surface area contributed by atoms with Crippen molar-refractivity contribution in [2.45, 2.75) is 24.9 Å². The van der Waals surface area contributed by atoms with Gasteiger partial charge in [-0.15, -0.1) is 0 Å². The first kappa shape index (κ1) is 12.3. The van der Waals surface area contributed by atoms with Crippen LogP contribution in [0.3, 0.4) is 0 Å². The lowest BCUT2D eigenvalue weighted by Gasteiger charge is -2.48. The van der Waals surface area contributed by atoms with E-state index in [2.05, 4.69) is 4.90 Å². The molecule has 98 valence electrons. The van der Waals surface area contributed by atoms with Crippen molar-refractivity contribution in [2.24, 2.45) is 11.7 Å². The summed E-state index contributed by atoms with van der Waals surface area (Å²) in [7, 11) is 1.69. The first-order valence-electron chi connectivity index (χ1n) is 6.44. The molecule has 0 spiro atoms. The Morgan fingerprint density at radius 3 is 2.78 bits per heavy atom. The van der Waals surface area contributed by atoms with Crippen LogP contribution in [-0.2, 0) is 6.54 Å². The lowest BCUT2D eigenvalue weighted by Crippen LogP contribution is -2.68. The van der Waals surface area contributed by atoms with Gasteiger partial charge in [-0.05, 0) is 37.0 Å². The molecule has 3 rings (SSSR count). The van der Waals surface area contributed by atoms with Gasteiger partial charge in [0.05, 0.1) is 7.11 Å². The van der Waals surface area contributed by atoms with Gasteiger partial charge >= 0.3 is 0 Å². The molecule has 0 atom stereocenters. The number of nitrogens with two attached hydrogens (primary N) is 1. The van der Waals surface area contributed by atoms with Crippen LogP contribution in [0.5, 0.6) is 5.75 Å². The number of hydrogen-bond donors (Lipinski definition) is 1. The largest absolute Gasteiger partial charge is 0.496 e. The Hall–Kier alpha value is -0.770. The summed E-state index contributed by atoms with van der Waals surface area (Å²) in [5.74, 6) is 1.66. The maximum Gasteiger partial charge on any atom is 0.123 e. The van der Waals surface area contributed by atoms with Crippen LogP contribution < -0.4 is 10.5 Å². The van der Waals surface area contributed by atoms with Gasteiger partial charge in [-0.3, -0.25) is 4.90 Å². The standard InChI is InChI=1S/C14H19ClN2O/c1-18-13-5-4-12(15)6-10(13)7-17-8-14(16,9-17)11-2-3-11/h4-6,11H,2-3,7-9,16H2,1H3. The Labute approximate surface area is 113 Å². The van der Waals surface area contributed by atoms with Gasteiger partial charge in [0.25, 0.3) is 0 Å². The predicted molar refractivity (Wildman–Crippen MR) is 72.9 cm³/mol. The van der Waals surface area contributed by atoms with E-state index in [1.54, 1.807) is 7.11 Å². The predicted octanol–water partition coefficient (Wildman–Crippen LogP) is 2.27. The van der Waals surface area contributed by atoms with E-state index in [0.29, 0.717) is 0 Å². The lowest BCUT2D eigenvalue weighted by atomic mass is 9.85. The first-order chi connectivity index (χ1) is 8.60. The molecule has 1 heterocycles. The fraction of sp³-hybridized carbons (Fsp3) is 0.571. The molecule has 1 saturated carbocycles. The maximum atomic E-state index is 6.35. The van der Waals surface area contributed by atoms with Crippen LogP contribution in [0, 0.1) is 5.92 Å². The van der Waals surface area contributed by atoms with Crippen LogP contribution in [-0.4, -0.2) is 30.6 Å². The van der Waals surface area contributed by atoms with Crippen LogP contribution in [0.2, 0.25) is 5.02 Å². The molecule has 4 heteroatoms. The Morgan fingerprint density at radius 2 is 2.17 bits per heavy atom. The zero-order valence-corrected chi connectivity index (χ0v) is 11.4. The van der Waals surface area contributed by atoms with Gasteiger partial charge < -0.3 is 10.5 Å². The lowest BCUT2D eigenvalue weighted by molar-refractivity contribution is 0.0472. The number of nitrogens with zero attached hydrogens (tertiary/aromatic N) is 1. The average molecular weight is 267 g/mol. The molecule has 2 N–H and O–H groups in total. The number of methoxy groups -OCH3 is 1. The SMILES string of the molecule is COc1ccc(Cl)cc1CN1CC(N)(C2CC2)C1. The summed E-state index contributed by atoms with van der Waals surface area (Å²) in [6, 6.07) is 5.76. The summed E-state index contributed by atoms with van der Waals surface area (Å²) in [6.07, 6.45) is 2.62. The van der Waals surface area contributed by atoms with E-state index in [9.17, 15) is 0 Å². The second-order valence-corrected chi connectivity index (χ2v) is 6.05. The zero-order valence-electron chi connectivity index (χ0n) is 10.7. The van der Waals surface area contributed by atoms with Gasteiger partial charge in [0.15, 0.2) is 0 Å². The van der Waals surface area contributed by atoms with Crippen molar-refractivity contribution in [3.05, 3.63) is 28.8 Å². The van der Waals surface area contributed by atoms with Crippen LogP contribution >= 0.6 is 11.6 Å². The van der Waals surface area contributed by atoms with Crippen molar-refractivity contribution in [2.75, 3.05) is 20.2 Å². The van der Waals surface area contributed by atoms with Crippen molar-refractivity contribution in [3.63, 3.8) is 0 Å². The first-order valence-corrected chi connectivity index (χ1v) is 6.82. The third-order valence-corrected chi connectivity index (χ3v) is 4.30. The topological polar surface area (TPSA) is 38.5 Å². The molecular weight excluding hydrogens is 248 g/mol. The van der Waals surface area contributed by atoms with Crippen LogP contribution in [0.4, 0.5) is 0 Å². The summed E-state index contributed by atoms with van der Waals surface area (Å²) in [4.78, 5) is 2.37. The molecule has 2 fully saturated rings. The molecule has 0 unspecified atom stereocenters. The van der Waals surface area contributed by atoms with Gasteiger partial charge in [-0.25, -0.2) is 0 Å². The minimum absolute atomic E-state index is 0.0752. The van der Waals surface area contributed by atoms with Crippen molar-refractivity contribution in [1.82, 2.24) is 4.90 Å². The molecule has 2 aliphatic rings. The fourth-order valence-electron chi connectivity index (χ4n) is 2.93. The molecule has 0 bridgehead atoms. The highest BCUT2D eigenvalue weighted by Crippen LogP contribution is 2.43. The molecule has 18 heavy (non-hydrogen) atoms. The minimum Gasteiger partial charge on any atom is -0.496 e. The number of hydrogen-bond acceptors (Lipinski definition) is 3. The van der Waals surface area contributed by atoms with Gasteiger partial charge in [-0.1, -0.05) is 11.6 Å². The number of likely N-dealkylation sites (tertiary alicyclic amines) is 1. The van der Waals surface area contributed by atoms with E-state index < -0.39 is 0 Å². The van der Waals surface area contributed by atoms with Crippen LogP contribution in [0.25, 0.3) is 0 Å². The molecule has 1 aliphatic heterocycles. The third-order valence-electron chi connectivity index (χ3n) is 4.06. The zero-order chi connectivity index (χ0) is 12.8. The molecule has 1 aromatic rings. The number of ether oxygens (including phenoxy) is 1. The van der Waals surface area contributed by atoms with Gasteiger partial charge in [0.1, 0.15) is 5.75 Å². The van der Waals surface area contributed by atoms with Gasteiger partial charge in [0, 0.05) is 35.8 Å². The van der Waals surface area contributed by atoms with E-state index in [1.807, 2.05) is 18.2 Å². The van der Waals surface area contributed by atoms with E-state index in [1.165, 1.54) is 12.8 Å². The summed E-state index contributed by atoms with van der Waals surface area (Å²) in [6.45, 7) is 2.86. The molecule has 0 radical (unpaired) electrons. The van der Waals surface area contributed by atoms with Crippen LogP contribution in [0.15, 0.2) is 18.2 Å². The van der Waals surface area contributed by atoms with Crippen molar-refractivity contribution in [1.29, 1.82) is 0 Å². The smallest absolute Gasteiger partial charge is 0.123 e. The summed E-state index contributed by atoms with van der Waals surface area (Å²) in [5, 5.41) is 0.757. The monoisotopic (exact) mass is 266 g/mol. The second kappa shape index (κ2) is 4.41. The average Bonchev–Trinajstić information content (AvgIpc) is 3.11. The molecule has 0 aromatic heterocycles. The Balaban J connectivity index is 1.65. The molecule has 3 nitrogen and oxygen atoms in total. The number of halogens is 1. The highest BCUT2D eigenvalue weighted by molar-refractivity contribution is 6.30. The molecule has 1 saturated heterocycles. The van der Waals surface area contributed by atoms with Gasteiger partial charge in [0.2, 0.25) is 0 Å². The fourth-order valence-corrected chi connectivity index (χ4v) is 3.12. The molecule has 1 aromatic carbocycles. The van der Waals surface area contributed by atoms with E-state index in [4.69, 9.17) is 22.1 Å². The maximum absolute atomic E-state index is 6.35. The quantitative estimate of drug-likeness (QED) is 0.909. The Morgan fingerprint density at radius 1 is 1.44 bits per heavy atom.